The Hall–Kier alpha value is -1.57. The number of halogens is 1. The van der Waals surface area contributed by atoms with Crippen molar-refractivity contribution in [3.63, 3.8) is 0 Å². The highest BCUT2D eigenvalue weighted by molar-refractivity contribution is 14.1. The number of phenols is 1. The van der Waals surface area contributed by atoms with Crippen molar-refractivity contribution in [1.29, 1.82) is 0 Å². The van der Waals surface area contributed by atoms with Gasteiger partial charge in [-0.25, -0.2) is 9.97 Å². The first-order chi connectivity index (χ1) is 8.65. The van der Waals surface area contributed by atoms with E-state index < -0.39 is 0 Å². The number of aromatic hydroxyl groups is 1. The summed E-state index contributed by atoms with van der Waals surface area (Å²) >= 11 is 2.16. The molecule has 2 N–H and O–H groups in total. The molecule has 0 atom stereocenters. The molecule has 2 rings (SSSR count). The second kappa shape index (κ2) is 5.38. The molecule has 1 heterocycles. The monoisotopic (exact) mass is 357 g/mol. The van der Waals surface area contributed by atoms with Gasteiger partial charge in [0.25, 0.3) is 0 Å². The molecule has 0 aliphatic carbocycles. The first kappa shape index (κ1) is 12.9. The van der Waals surface area contributed by atoms with Gasteiger partial charge in [-0.3, -0.25) is 0 Å². The summed E-state index contributed by atoms with van der Waals surface area (Å²) in [6.07, 6.45) is 1.73. The molecular formula is C12H12IN3O2. The lowest BCUT2D eigenvalue weighted by Gasteiger charge is -2.07. The Balaban J connectivity index is 2.45. The third-order valence-corrected chi connectivity index (χ3v) is 3.21. The molecule has 1 aromatic heterocycles. The standard InChI is InChI=1S/C12H12IN3O2/c1-14-12-8(13)6-15-11(16-12)7-3-4-10(18-2)9(17)5-7/h3-6,17H,1-2H3,(H,14,15,16). The van der Waals surface area contributed by atoms with Gasteiger partial charge < -0.3 is 15.2 Å². The second-order valence-corrected chi connectivity index (χ2v) is 4.69. The molecule has 0 fully saturated rings. The molecule has 0 radical (unpaired) electrons. The Kier molecular flexibility index (Phi) is 3.85. The fraction of sp³-hybridized carbons (Fsp3) is 0.167. The minimum atomic E-state index is 0.0724. The fourth-order valence-electron chi connectivity index (χ4n) is 1.51. The highest BCUT2D eigenvalue weighted by Gasteiger charge is 2.08. The van der Waals surface area contributed by atoms with Crippen LogP contribution in [0.15, 0.2) is 24.4 Å². The lowest BCUT2D eigenvalue weighted by atomic mass is 10.2. The minimum absolute atomic E-state index is 0.0724. The summed E-state index contributed by atoms with van der Waals surface area (Å²) < 4.78 is 5.94. The summed E-state index contributed by atoms with van der Waals surface area (Å²) in [6.45, 7) is 0. The summed E-state index contributed by atoms with van der Waals surface area (Å²) in [6, 6.07) is 5.08. The first-order valence-electron chi connectivity index (χ1n) is 5.23. The normalized spacial score (nSPS) is 10.2. The maximum Gasteiger partial charge on any atom is 0.161 e. The Morgan fingerprint density at radius 2 is 2.17 bits per heavy atom. The summed E-state index contributed by atoms with van der Waals surface area (Å²) in [5.41, 5.74) is 0.737. The first-order valence-corrected chi connectivity index (χ1v) is 6.31. The third kappa shape index (κ3) is 2.47. The van der Waals surface area contributed by atoms with E-state index in [4.69, 9.17) is 4.74 Å². The van der Waals surface area contributed by atoms with Crippen LogP contribution in [-0.4, -0.2) is 29.2 Å². The second-order valence-electron chi connectivity index (χ2n) is 3.53. The van der Waals surface area contributed by atoms with Gasteiger partial charge in [0, 0.05) is 18.8 Å². The van der Waals surface area contributed by atoms with Crippen LogP contribution in [0, 0.1) is 3.57 Å². The largest absolute Gasteiger partial charge is 0.504 e. The molecule has 0 spiro atoms. The molecule has 0 aliphatic rings. The van der Waals surface area contributed by atoms with Gasteiger partial charge in [-0.15, -0.1) is 0 Å². The average Bonchev–Trinajstić information content (AvgIpc) is 2.39. The van der Waals surface area contributed by atoms with Crippen LogP contribution in [-0.2, 0) is 0 Å². The lowest BCUT2D eigenvalue weighted by Crippen LogP contribution is -1.99. The molecule has 0 bridgehead atoms. The molecule has 2 aromatic rings. The van der Waals surface area contributed by atoms with Crippen LogP contribution in [0.5, 0.6) is 11.5 Å². The fourth-order valence-corrected chi connectivity index (χ4v) is 2.04. The maximum atomic E-state index is 9.74. The number of anilines is 1. The molecule has 0 unspecified atom stereocenters. The van der Waals surface area contributed by atoms with E-state index in [0.29, 0.717) is 11.6 Å². The van der Waals surface area contributed by atoms with Gasteiger partial charge in [0.05, 0.1) is 10.7 Å². The molecule has 5 nitrogen and oxygen atoms in total. The number of ether oxygens (including phenoxy) is 1. The van der Waals surface area contributed by atoms with Crippen LogP contribution >= 0.6 is 22.6 Å². The Bertz CT molecular complexity index is 575. The van der Waals surface area contributed by atoms with Gasteiger partial charge in [0.15, 0.2) is 17.3 Å². The van der Waals surface area contributed by atoms with E-state index in [1.54, 1.807) is 31.4 Å². The number of hydrogen-bond acceptors (Lipinski definition) is 5. The number of benzene rings is 1. The molecular weight excluding hydrogens is 345 g/mol. The predicted octanol–water partition coefficient (Wildman–Crippen LogP) is 2.50. The van der Waals surface area contributed by atoms with E-state index in [1.807, 2.05) is 0 Å². The molecule has 0 saturated carbocycles. The highest BCUT2D eigenvalue weighted by atomic mass is 127. The van der Waals surface area contributed by atoms with Crippen LogP contribution in [0.1, 0.15) is 0 Å². The zero-order chi connectivity index (χ0) is 13.1. The van der Waals surface area contributed by atoms with Gasteiger partial charge >= 0.3 is 0 Å². The van der Waals surface area contributed by atoms with Gasteiger partial charge in [0.2, 0.25) is 0 Å². The Morgan fingerprint density at radius 1 is 1.39 bits per heavy atom. The zero-order valence-electron chi connectivity index (χ0n) is 9.94. The van der Waals surface area contributed by atoms with Gasteiger partial charge in [0.1, 0.15) is 5.82 Å². The summed E-state index contributed by atoms with van der Waals surface area (Å²) in [5, 5.41) is 12.7. The van der Waals surface area contributed by atoms with Gasteiger partial charge in [-0.05, 0) is 40.8 Å². The van der Waals surface area contributed by atoms with Crippen molar-refractivity contribution in [3.05, 3.63) is 28.0 Å². The van der Waals surface area contributed by atoms with E-state index in [2.05, 4.69) is 37.9 Å². The maximum absolute atomic E-state index is 9.74. The van der Waals surface area contributed by atoms with Crippen LogP contribution in [0.3, 0.4) is 0 Å². The van der Waals surface area contributed by atoms with Crippen molar-refractivity contribution >= 4 is 28.4 Å². The number of nitrogens with zero attached hydrogens (tertiary/aromatic N) is 2. The lowest BCUT2D eigenvalue weighted by molar-refractivity contribution is 0.373. The van der Waals surface area contributed by atoms with Crippen molar-refractivity contribution in [2.75, 3.05) is 19.5 Å². The predicted molar refractivity (Wildman–Crippen MR) is 77.9 cm³/mol. The Labute approximate surface area is 118 Å². The number of rotatable bonds is 3. The molecule has 94 valence electrons. The topological polar surface area (TPSA) is 67.3 Å². The van der Waals surface area contributed by atoms with Crippen molar-refractivity contribution in [2.24, 2.45) is 0 Å². The van der Waals surface area contributed by atoms with E-state index in [9.17, 15) is 5.11 Å². The number of phenolic OH excluding ortho intramolecular Hbond substituents is 1. The van der Waals surface area contributed by atoms with Crippen molar-refractivity contribution in [3.8, 4) is 22.9 Å². The van der Waals surface area contributed by atoms with E-state index >= 15 is 0 Å². The Morgan fingerprint density at radius 3 is 2.78 bits per heavy atom. The van der Waals surface area contributed by atoms with Crippen LogP contribution < -0.4 is 10.1 Å². The van der Waals surface area contributed by atoms with Crippen LogP contribution in [0.4, 0.5) is 5.82 Å². The smallest absolute Gasteiger partial charge is 0.161 e. The van der Waals surface area contributed by atoms with Crippen LogP contribution in [0.2, 0.25) is 0 Å². The van der Waals surface area contributed by atoms with E-state index in [-0.39, 0.29) is 5.75 Å². The molecule has 0 amide bonds. The number of methoxy groups -OCH3 is 1. The SMILES string of the molecule is CNc1nc(-c2ccc(OC)c(O)c2)ncc1I. The molecule has 18 heavy (non-hydrogen) atoms. The third-order valence-electron chi connectivity index (χ3n) is 2.42. The van der Waals surface area contributed by atoms with Crippen molar-refractivity contribution < 1.29 is 9.84 Å². The summed E-state index contributed by atoms with van der Waals surface area (Å²) in [5.74, 6) is 1.81. The van der Waals surface area contributed by atoms with E-state index in [1.165, 1.54) is 7.11 Å². The number of hydrogen-bond donors (Lipinski definition) is 2. The highest BCUT2D eigenvalue weighted by Crippen LogP contribution is 2.30. The minimum Gasteiger partial charge on any atom is -0.504 e. The molecule has 6 heteroatoms. The van der Waals surface area contributed by atoms with Crippen molar-refractivity contribution in [1.82, 2.24) is 9.97 Å². The van der Waals surface area contributed by atoms with Gasteiger partial charge in [-0.1, -0.05) is 0 Å². The van der Waals surface area contributed by atoms with Crippen molar-refractivity contribution in [2.45, 2.75) is 0 Å². The molecule has 1 aromatic carbocycles. The zero-order valence-corrected chi connectivity index (χ0v) is 12.1. The van der Waals surface area contributed by atoms with Gasteiger partial charge in [-0.2, -0.15) is 0 Å². The average molecular weight is 357 g/mol. The summed E-state index contributed by atoms with van der Waals surface area (Å²) in [7, 11) is 3.31. The number of aromatic nitrogens is 2. The quantitative estimate of drug-likeness (QED) is 0.827. The number of nitrogens with one attached hydrogen (secondary N) is 1. The molecule has 0 aliphatic heterocycles. The van der Waals surface area contributed by atoms with E-state index in [0.717, 1.165) is 15.0 Å². The van der Waals surface area contributed by atoms with Crippen LogP contribution in [0.25, 0.3) is 11.4 Å². The molecule has 0 saturated heterocycles. The summed E-state index contributed by atoms with van der Waals surface area (Å²) in [4.78, 5) is 8.62.